The molecule has 0 radical (unpaired) electrons. The van der Waals surface area contributed by atoms with Crippen LogP contribution in [0.15, 0.2) is 35.2 Å². The van der Waals surface area contributed by atoms with Gasteiger partial charge in [-0.2, -0.15) is 0 Å². The summed E-state index contributed by atoms with van der Waals surface area (Å²) in [6.07, 6.45) is 0. The van der Waals surface area contributed by atoms with E-state index >= 15 is 0 Å². The van der Waals surface area contributed by atoms with Gasteiger partial charge in [0.15, 0.2) is 11.5 Å². The van der Waals surface area contributed by atoms with Crippen molar-refractivity contribution in [3.8, 4) is 17.2 Å². The molecule has 0 saturated carbocycles. The van der Waals surface area contributed by atoms with Gasteiger partial charge in [-0.25, -0.2) is 12.7 Å². The molecule has 0 spiro atoms. The van der Waals surface area contributed by atoms with Crippen molar-refractivity contribution in [3.63, 3.8) is 0 Å². The molecule has 0 aromatic heterocycles. The van der Waals surface area contributed by atoms with E-state index in [1.807, 2.05) is 0 Å². The fraction of sp³-hybridized carbons (Fsp3) is 0.278. The van der Waals surface area contributed by atoms with Gasteiger partial charge in [-0.1, -0.05) is 11.6 Å². The first-order valence-corrected chi connectivity index (χ1v) is 10.1. The van der Waals surface area contributed by atoms with E-state index in [-0.39, 0.29) is 26.9 Å². The van der Waals surface area contributed by atoms with Crippen LogP contribution in [-0.2, 0) is 10.0 Å². The predicted octanol–water partition coefficient (Wildman–Crippen LogP) is 2.62. The standard InChI is InChI=1S/C18H19ClN2O6S/c1-21(2)28(23,24)16-10-12(4-5-14(16)25-3)20-18(22)11-8-13(19)17-15(9-11)26-6-7-27-17/h4-5,8-10H,6-7H2,1-3H3,(H,20,22). The van der Waals surface area contributed by atoms with Crippen LogP contribution in [0.4, 0.5) is 5.69 Å². The number of carbonyl (C=O) groups excluding carboxylic acids is 1. The van der Waals surface area contributed by atoms with Crippen LogP contribution in [0.2, 0.25) is 5.02 Å². The minimum Gasteiger partial charge on any atom is -0.495 e. The van der Waals surface area contributed by atoms with Gasteiger partial charge in [0.05, 0.1) is 12.1 Å². The molecule has 1 N–H and O–H groups in total. The Kier molecular flexibility index (Phi) is 5.69. The van der Waals surface area contributed by atoms with Crippen LogP contribution in [-0.4, -0.2) is 53.0 Å². The summed E-state index contributed by atoms with van der Waals surface area (Å²) in [4.78, 5) is 12.6. The first-order chi connectivity index (χ1) is 13.2. The number of rotatable bonds is 5. The highest BCUT2D eigenvalue weighted by Gasteiger charge is 2.24. The van der Waals surface area contributed by atoms with Gasteiger partial charge in [-0.3, -0.25) is 4.79 Å². The summed E-state index contributed by atoms with van der Waals surface area (Å²) in [7, 11) is 0.440. The number of benzene rings is 2. The van der Waals surface area contributed by atoms with Crippen molar-refractivity contribution in [1.82, 2.24) is 4.31 Å². The summed E-state index contributed by atoms with van der Waals surface area (Å²) >= 11 is 6.17. The molecule has 2 aromatic rings. The van der Waals surface area contributed by atoms with Crippen LogP contribution in [0, 0.1) is 0 Å². The molecule has 0 aliphatic carbocycles. The number of sulfonamides is 1. The lowest BCUT2D eigenvalue weighted by atomic mass is 10.1. The lowest BCUT2D eigenvalue weighted by Crippen LogP contribution is -2.23. The first-order valence-electron chi connectivity index (χ1n) is 8.25. The summed E-state index contributed by atoms with van der Waals surface area (Å²) in [5.41, 5.74) is 0.541. The summed E-state index contributed by atoms with van der Waals surface area (Å²) < 4.78 is 42.1. The molecule has 1 aliphatic rings. The van der Waals surface area contributed by atoms with Crippen LogP contribution in [0.3, 0.4) is 0 Å². The number of amides is 1. The van der Waals surface area contributed by atoms with E-state index in [4.69, 9.17) is 25.8 Å². The topological polar surface area (TPSA) is 94.2 Å². The Hall–Kier alpha value is -2.49. The van der Waals surface area contributed by atoms with Crippen molar-refractivity contribution in [1.29, 1.82) is 0 Å². The van der Waals surface area contributed by atoms with Gasteiger partial charge in [0.25, 0.3) is 5.91 Å². The average molecular weight is 427 g/mol. The van der Waals surface area contributed by atoms with Gasteiger partial charge in [-0.05, 0) is 30.3 Å². The molecule has 3 rings (SSSR count). The lowest BCUT2D eigenvalue weighted by Gasteiger charge is -2.20. The number of nitrogens with one attached hydrogen (secondary N) is 1. The number of anilines is 1. The zero-order valence-electron chi connectivity index (χ0n) is 15.5. The molecule has 1 amide bonds. The smallest absolute Gasteiger partial charge is 0.255 e. The fourth-order valence-corrected chi connectivity index (χ4v) is 3.94. The number of hydrogen-bond donors (Lipinski definition) is 1. The van der Waals surface area contributed by atoms with Gasteiger partial charge < -0.3 is 19.5 Å². The van der Waals surface area contributed by atoms with Crippen LogP contribution in [0.5, 0.6) is 17.2 Å². The number of fused-ring (bicyclic) bond motifs is 1. The van der Waals surface area contributed by atoms with Crippen LogP contribution in [0.25, 0.3) is 0 Å². The van der Waals surface area contributed by atoms with E-state index in [9.17, 15) is 13.2 Å². The molecule has 0 fully saturated rings. The molecule has 1 aliphatic heterocycles. The molecule has 2 aromatic carbocycles. The average Bonchev–Trinajstić information content (AvgIpc) is 2.67. The molecular formula is C18H19ClN2O6S. The third-order valence-electron chi connectivity index (χ3n) is 4.04. The lowest BCUT2D eigenvalue weighted by molar-refractivity contribution is 0.102. The monoisotopic (exact) mass is 426 g/mol. The zero-order chi connectivity index (χ0) is 20.5. The Labute approximate surface area is 168 Å². The largest absolute Gasteiger partial charge is 0.495 e. The maximum atomic E-state index is 12.6. The second-order valence-corrected chi connectivity index (χ2v) is 8.62. The van der Waals surface area contributed by atoms with Crippen molar-refractivity contribution in [3.05, 3.63) is 40.9 Å². The predicted molar refractivity (Wildman–Crippen MR) is 104 cm³/mol. The van der Waals surface area contributed by atoms with E-state index in [2.05, 4.69) is 5.32 Å². The van der Waals surface area contributed by atoms with E-state index in [1.54, 1.807) is 6.07 Å². The number of hydrogen-bond acceptors (Lipinski definition) is 6. The van der Waals surface area contributed by atoms with E-state index < -0.39 is 15.9 Å². The summed E-state index contributed by atoms with van der Waals surface area (Å²) in [6.45, 7) is 0.742. The Balaban J connectivity index is 1.92. The minimum absolute atomic E-state index is 0.0574. The molecule has 10 heteroatoms. The SMILES string of the molecule is COc1ccc(NC(=O)c2cc(Cl)c3c(c2)OCCO3)cc1S(=O)(=O)N(C)C. The van der Waals surface area contributed by atoms with Crippen molar-refractivity contribution in [2.24, 2.45) is 0 Å². The molecule has 0 bridgehead atoms. The molecule has 0 saturated heterocycles. The second-order valence-electron chi connectivity index (χ2n) is 6.09. The molecule has 8 nitrogen and oxygen atoms in total. The molecule has 150 valence electrons. The summed E-state index contributed by atoms with van der Waals surface area (Å²) in [5, 5.41) is 2.92. The molecule has 1 heterocycles. The number of ether oxygens (including phenoxy) is 3. The van der Waals surface area contributed by atoms with Gasteiger partial charge in [0, 0.05) is 25.3 Å². The van der Waals surface area contributed by atoms with Gasteiger partial charge in [0.1, 0.15) is 23.9 Å². The summed E-state index contributed by atoms with van der Waals surface area (Å²) in [5.74, 6) is 0.481. The van der Waals surface area contributed by atoms with E-state index in [0.717, 1.165) is 4.31 Å². The number of carbonyl (C=O) groups is 1. The Morgan fingerprint density at radius 1 is 1.18 bits per heavy atom. The summed E-state index contributed by atoms with van der Waals surface area (Å²) in [6, 6.07) is 7.35. The van der Waals surface area contributed by atoms with Gasteiger partial charge in [0.2, 0.25) is 10.0 Å². The molecule has 0 atom stereocenters. The van der Waals surface area contributed by atoms with Crippen molar-refractivity contribution in [2.45, 2.75) is 4.90 Å². The number of methoxy groups -OCH3 is 1. The highest BCUT2D eigenvalue weighted by molar-refractivity contribution is 7.89. The molecular weight excluding hydrogens is 408 g/mol. The van der Waals surface area contributed by atoms with Crippen LogP contribution in [0.1, 0.15) is 10.4 Å². The van der Waals surface area contributed by atoms with E-state index in [1.165, 1.54) is 45.5 Å². The Bertz CT molecular complexity index is 1020. The van der Waals surface area contributed by atoms with Crippen LogP contribution < -0.4 is 19.5 Å². The Morgan fingerprint density at radius 2 is 1.89 bits per heavy atom. The third kappa shape index (κ3) is 3.87. The molecule has 28 heavy (non-hydrogen) atoms. The molecule has 0 unspecified atom stereocenters. The first kappa shape index (κ1) is 20.2. The minimum atomic E-state index is -3.76. The van der Waals surface area contributed by atoms with Crippen molar-refractivity contribution < 1.29 is 27.4 Å². The van der Waals surface area contributed by atoms with Crippen LogP contribution >= 0.6 is 11.6 Å². The van der Waals surface area contributed by atoms with Gasteiger partial charge >= 0.3 is 0 Å². The number of halogens is 1. The number of nitrogens with zero attached hydrogens (tertiary/aromatic N) is 1. The van der Waals surface area contributed by atoms with Crippen molar-refractivity contribution in [2.75, 3.05) is 39.7 Å². The quantitative estimate of drug-likeness (QED) is 0.789. The second kappa shape index (κ2) is 7.86. The normalized spacial score (nSPS) is 13.3. The van der Waals surface area contributed by atoms with E-state index in [0.29, 0.717) is 24.7 Å². The zero-order valence-corrected chi connectivity index (χ0v) is 17.1. The highest BCUT2D eigenvalue weighted by Crippen LogP contribution is 2.38. The fourth-order valence-electron chi connectivity index (χ4n) is 2.60. The maximum Gasteiger partial charge on any atom is 0.255 e. The Morgan fingerprint density at radius 3 is 2.57 bits per heavy atom. The maximum absolute atomic E-state index is 12.6. The van der Waals surface area contributed by atoms with Gasteiger partial charge in [-0.15, -0.1) is 0 Å². The highest BCUT2D eigenvalue weighted by atomic mass is 35.5. The van der Waals surface area contributed by atoms with Crippen molar-refractivity contribution >= 4 is 33.2 Å². The third-order valence-corrected chi connectivity index (χ3v) is 6.16.